The van der Waals surface area contributed by atoms with Crippen LogP contribution >= 0.6 is 8.20 Å². The minimum Gasteiger partial charge on any atom is -0.0987 e. The molecule has 0 aliphatic carbocycles. The van der Waals surface area contributed by atoms with Crippen LogP contribution in [-0.2, 0) is 16.2 Å². The zero-order valence-corrected chi connectivity index (χ0v) is 16.9. The van der Waals surface area contributed by atoms with Gasteiger partial charge in [-0.2, -0.15) is 0 Å². The second kappa shape index (κ2) is 6.32. The third-order valence-electron chi connectivity index (χ3n) is 3.90. The van der Waals surface area contributed by atoms with Crippen molar-refractivity contribution in [3.63, 3.8) is 0 Å². The van der Waals surface area contributed by atoms with Crippen molar-refractivity contribution in [3.8, 4) is 0 Å². The molecule has 0 unspecified atom stereocenters. The van der Waals surface area contributed by atoms with Gasteiger partial charge in [0.05, 0.1) is 0 Å². The maximum atomic E-state index is 3.85. The Morgan fingerprint density at radius 2 is 1.18 bits per heavy atom. The predicted octanol–water partition coefficient (Wildman–Crippen LogP) is 6.14. The van der Waals surface area contributed by atoms with Gasteiger partial charge in [-0.1, -0.05) is 95.3 Å². The van der Waals surface area contributed by atoms with Gasteiger partial charge in [0.2, 0.25) is 0 Å². The second-order valence-electron chi connectivity index (χ2n) is 9.18. The van der Waals surface area contributed by atoms with E-state index in [-0.39, 0.29) is 16.2 Å². The minimum atomic E-state index is 0.138. The first-order valence-electron chi connectivity index (χ1n) is 8.13. The predicted molar refractivity (Wildman–Crippen MR) is 105 cm³/mol. The first-order chi connectivity index (χ1) is 9.78. The molecule has 0 fully saturated rings. The van der Waals surface area contributed by atoms with Gasteiger partial charge in [-0.05, 0) is 38.7 Å². The molecular weight excluding hydrogens is 283 g/mol. The summed E-state index contributed by atoms with van der Waals surface area (Å²) in [5.41, 5.74) is 4.79. The molecule has 22 heavy (non-hydrogen) atoms. The monoisotopic (exact) mass is 316 g/mol. The molecule has 0 spiro atoms. The quantitative estimate of drug-likeness (QED) is 0.575. The molecule has 0 nitrogen and oxygen atoms in total. The summed E-state index contributed by atoms with van der Waals surface area (Å²) in [7, 11) is 1.24. The van der Waals surface area contributed by atoms with E-state index in [9.17, 15) is 0 Å². The topological polar surface area (TPSA) is 0 Å². The lowest BCUT2D eigenvalue weighted by molar-refractivity contribution is 0.554. The molecule has 0 radical (unpaired) electrons. The van der Waals surface area contributed by atoms with E-state index in [1.807, 2.05) is 6.08 Å². The fourth-order valence-electron chi connectivity index (χ4n) is 2.48. The lowest BCUT2D eigenvalue weighted by Gasteiger charge is -2.32. The van der Waals surface area contributed by atoms with Crippen molar-refractivity contribution in [2.75, 3.05) is 0 Å². The van der Waals surface area contributed by atoms with Crippen LogP contribution < -0.4 is 5.30 Å². The maximum Gasteiger partial charge on any atom is 0.00927 e. The summed E-state index contributed by atoms with van der Waals surface area (Å²) in [5.74, 6) is 2.15. The Labute approximate surface area is 139 Å². The molecule has 0 N–H and O–H groups in total. The standard InChI is InChI=1S/C21H33P/c1-11-12-22-18-16(20(5,6)7)13-15(19(2,3)4)14-17(18)21(8,9)10/h11-14H,1H2,2-10H3. The molecule has 122 valence electrons. The molecule has 0 aromatic heterocycles. The molecule has 0 aliphatic rings. The molecule has 0 atom stereocenters. The van der Waals surface area contributed by atoms with Gasteiger partial charge in [-0.25, -0.2) is 0 Å². The Balaban J connectivity index is 3.85. The summed E-state index contributed by atoms with van der Waals surface area (Å²) in [6.45, 7) is 24.6. The molecule has 1 aromatic rings. The van der Waals surface area contributed by atoms with Crippen LogP contribution in [0.4, 0.5) is 0 Å². The molecule has 1 rings (SSSR count). The van der Waals surface area contributed by atoms with E-state index >= 15 is 0 Å². The van der Waals surface area contributed by atoms with E-state index < -0.39 is 0 Å². The molecular formula is C21H33P. The lowest BCUT2D eigenvalue weighted by Crippen LogP contribution is -2.29. The molecule has 0 aliphatic heterocycles. The van der Waals surface area contributed by atoms with Crippen LogP contribution in [0.15, 0.2) is 24.8 Å². The van der Waals surface area contributed by atoms with Gasteiger partial charge in [0.1, 0.15) is 0 Å². The normalized spacial score (nSPS) is 13.7. The molecule has 1 heteroatoms. The highest BCUT2D eigenvalue weighted by Gasteiger charge is 2.28. The summed E-state index contributed by atoms with van der Waals surface area (Å²) >= 11 is 0. The summed E-state index contributed by atoms with van der Waals surface area (Å²) in [5, 5.41) is 1.45. The third kappa shape index (κ3) is 4.56. The summed E-state index contributed by atoms with van der Waals surface area (Å²) in [6, 6.07) is 4.85. The van der Waals surface area contributed by atoms with E-state index in [4.69, 9.17) is 0 Å². The molecule has 0 bridgehead atoms. The van der Waals surface area contributed by atoms with Crippen LogP contribution in [0.2, 0.25) is 0 Å². The number of rotatable bonds is 2. The molecule has 0 heterocycles. The van der Waals surface area contributed by atoms with Crippen LogP contribution in [0.25, 0.3) is 0 Å². The van der Waals surface area contributed by atoms with Gasteiger partial charge in [-0.3, -0.25) is 0 Å². The van der Waals surface area contributed by atoms with Crippen molar-refractivity contribution in [3.05, 3.63) is 41.5 Å². The Hall–Kier alpha value is -0.870. The average molecular weight is 316 g/mol. The summed E-state index contributed by atoms with van der Waals surface area (Å²) < 4.78 is 0. The van der Waals surface area contributed by atoms with Crippen LogP contribution in [-0.4, -0.2) is 5.80 Å². The second-order valence-corrected chi connectivity index (χ2v) is 10.2. The Morgan fingerprint density at radius 1 is 0.773 bits per heavy atom. The number of benzene rings is 1. The largest absolute Gasteiger partial charge is 0.0987 e. The number of hydrogen-bond donors (Lipinski definition) is 0. The highest BCUT2D eigenvalue weighted by atomic mass is 31.1. The van der Waals surface area contributed by atoms with Gasteiger partial charge in [0, 0.05) is 5.30 Å². The fourth-order valence-corrected chi connectivity index (χ4v) is 3.81. The molecule has 0 saturated carbocycles. The summed E-state index contributed by atoms with van der Waals surface area (Å²) in [6.07, 6.45) is 1.90. The average Bonchev–Trinajstić information content (AvgIpc) is 2.31. The van der Waals surface area contributed by atoms with Crippen LogP contribution in [0, 0.1) is 0 Å². The first kappa shape index (κ1) is 19.2. The van der Waals surface area contributed by atoms with Crippen molar-refractivity contribution in [2.45, 2.75) is 78.6 Å². The third-order valence-corrected chi connectivity index (χ3v) is 5.00. The van der Waals surface area contributed by atoms with Crippen molar-refractivity contribution < 1.29 is 0 Å². The lowest BCUT2D eigenvalue weighted by atomic mass is 9.75. The Morgan fingerprint density at radius 3 is 1.45 bits per heavy atom. The molecule has 0 saturated heterocycles. The van der Waals surface area contributed by atoms with Gasteiger partial charge >= 0.3 is 0 Å². The van der Waals surface area contributed by atoms with Gasteiger partial charge < -0.3 is 0 Å². The minimum absolute atomic E-state index is 0.138. The zero-order valence-electron chi connectivity index (χ0n) is 16.0. The van der Waals surface area contributed by atoms with E-state index in [1.165, 1.54) is 30.2 Å². The van der Waals surface area contributed by atoms with E-state index in [2.05, 4.69) is 86.8 Å². The van der Waals surface area contributed by atoms with Crippen LogP contribution in [0.1, 0.15) is 79.0 Å². The van der Waals surface area contributed by atoms with Crippen molar-refractivity contribution >= 4 is 19.3 Å². The number of hydrogen-bond acceptors (Lipinski definition) is 0. The van der Waals surface area contributed by atoms with Crippen LogP contribution in [0.3, 0.4) is 0 Å². The Bertz CT molecular complexity index is 534. The summed E-state index contributed by atoms with van der Waals surface area (Å²) in [4.78, 5) is 0. The van der Waals surface area contributed by atoms with Gasteiger partial charge in [0.25, 0.3) is 0 Å². The zero-order chi connectivity index (χ0) is 17.3. The highest BCUT2D eigenvalue weighted by Crippen LogP contribution is 2.35. The van der Waals surface area contributed by atoms with Crippen molar-refractivity contribution in [1.29, 1.82) is 0 Å². The fraction of sp³-hybridized carbons (Fsp3) is 0.571. The van der Waals surface area contributed by atoms with Crippen molar-refractivity contribution in [2.24, 2.45) is 0 Å². The number of allylic oxidation sites excluding steroid dienone is 1. The van der Waals surface area contributed by atoms with Gasteiger partial charge in [0.15, 0.2) is 0 Å². The molecule has 1 aromatic carbocycles. The SMILES string of the molecule is C=CC=Pc1c(C(C)(C)C)cc(C(C)(C)C)cc1C(C)(C)C. The Kier molecular flexibility index (Phi) is 5.51. The first-order valence-corrected chi connectivity index (χ1v) is 9.09. The van der Waals surface area contributed by atoms with E-state index in [0.717, 1.165) is 0 Å². The van der Waals surface area contributed by atoms with Gasteiger partial charge in [-0.15, -0.1) is 0 Å². The van der Waals surface area contributed by atoms with E-state index in [1.54, 1.807) is 0 Å². The highest BCUT2D eigenvalue weighted by molar-refractivity contribution is 7.47. The van der Waals surface area contributed by atoms with E-state index in [0.29, 0.717) is 0 Å². The van der Waals surface area contributed by atoms with Crippen LogP contribution in [0.5, 0.6) is 0 Å². The molecule has 0 amide bonds. The smallest absolute Gasteiger partial charge is 0.00927 e. The van der Waals surface area contributed by atoms with Crippen molar-refractivity contribution in [1.82, 2.24) is 0 Å². The maximum absolute atomic E-state index is 3.85.